The Morgan fingerprint density at radius 1 is 1.58 bits per heavy atom. The second-order valence-corrected chi connectivity index (χ2v) is 2.45. The molecule has 6 nitrogen and oxygen atoms in total. The molecule has 0 aliphatic carbocycles. The van der Waals surface area contributed by atoms with Gasteiger partial charge in [-0.3, -0.25) is 15.9 Å². The fourth-order valence-electron chi connectivity index (χ4n) is 0.676. The molecule has 0 bridgehead atoms. The predicted octanol–water partition coefficient (Wildman–Crippen LogP) is -1.61. The van der Waals surface area contributed by atoms with E-state index in [0.29, 0.717) is 19.4 Å². The molecule has 12 heavy (non-hydrogen) atoms. The summed E-state index contributed by atoms with van der Waals surface area (Å²) in [5.74, 6) is -0.849. The third kappa shape index (κ3) is 5.48. The molecule has 0 aromatic carbocycles. The molecule has 0 saturated carbocycles. The minimum atomic E-state index is -0.752. The Kier molecular flexibility index (Phi) is 4.78. The zero-order valence-electron chi connectivity index (χ0n) is 6.76. The minimum absolute atomic E-state index is 0.0965. The monoisotopic (exact) mass is 172 g/mol. The van der Waals surface area contributed by atoms with Gasteiger partial charge in [-0.2, -0.15) is 0 Å². The van der Waals surface area contributed by atoms with Gasteiger partial charge >= 0.3 is 0 Å². The number of carbonyl (C=O) groups is 1. The maximum absolute atomic E-state index is 10.3. The van der Waals surface area contributed by atoms with Crippen LogP contribution >= 0.6 is 0 Å². The number of guanidine groups is 1. The minimum Gasteiger partial charge on any atom is -0.370 e. The van der Waals surface area contributed by atoms with E-state index < -0.39 is 11.9 Å². The highest BCUT2D eigenvalue weighted by Crippen LogP contribution is 1.92. The van der Waals surface area contributed by atoms with Crippen LogP contribution in [0.2, 0.25) is 0 Å². The third-order valence-electron chi connectivity index (χ3n) is 1.34. The van der Waals surface area contributed by atoms with Crippen LogP contribution < -0.4 is 22.5 Å². The maximum atomic E-state index is 10.3. The van der Waals surface area contributed by atoms with Crippen LogP contribution in [0.15, 0.2) is 0 Å². The molecule has 0 aliphatic heterocycles. The highest BCUT2D eigenvalue weighted by atomic mass is 16.1. The van der Waals surface area contributed by atoms with Crippen molar-refractivity contribution in [3.8, 4) is 0 Å². The van der Waals surface area contributed by atoms with Crippen LogP contribution in [-0.2, 0) is 4.79 Å². The van der Waals surface area contributed by atoms with Gasteiger partial charge in [0.2, 0.25) is 0 Å². The van der Waals surface area contributed by atoms with Crippen molar-refractivity contribution in [2.24, 2.45) is 11.5 Å². The molecular formula is C6H14N5O. The van der Waals surface area contributed by atoms with E-state index in [1.807, 2.05) is 0 Å². The van der Waals surface area contributed by atoms with E-state index in [1.165, 1.54) is 0 Å². The van der Waals surface area contributed by atoms with Gasteiger partial charge < -0.3 is 16.8 Å². The van der Waals surface area contributed by atoms with Crippen molar-refractivity contribution in [2.75, 3.05) is 6.54 Å². The van der Waals surface area contributed by atoms with Crippen molar-refractivity contribution in [2.45, 2.75) is 18.9 Å². The first-order valence-electron chi connectivity index (χ1n) is 3.63. The Bertz CT molecular complexity index is 169. The number of carbonyl (C=O) groups excluding carboxylic acids is 1. The molecule has 0 heterocycles. The normalized spacial score (nSPS) is 12.1. The molecule has 1 radical (unpaired) electrons. The predicted molar refractivity (Wildman–Crippen MR) is 45.2 cm³/mol. The Balaban J connectivity index is 3.31. The molecule has 1 amide bonds. The van der Waals surface area contributed by atoms with Gasteiger partial charge in [-0.15, -0.1) is 0 Å². The summed E-state index contributed by atoms with van der Waals surface area (Å²) < 4.78 is 0. The molecule has 0 rings (SSSR count). The lowest BCUT2D eigenvalue weighted by Gasteiger charge is -2.06. The van der Waals surface area contributed by atoms with Crippen molar-refractivity contribution in [3.63, 3.8) is 0 Å². The number of nitrogens with two attached hydrogens (primary N) is 2. The average molecular weight is 172 g/mol. The summed E-state index contributed by atoms with van der Waals surface area (Å²) >= 11 is 0. The first kappa shape index (κ1) is 10.7. The number of nitrogens with one attached hydrogen (secondary N) is 3. The molecule has 0 saturated heterocycles. The zero-order chi connectivity index (χ0) is 9.56. The van der Waals surface area contributed by atoms with Gasteiger partial charge in [-0.1, -0.05) is 0 Å². The van der Waals surface area contributed by atoms with E-state index in [2.05, 4.69) is 5.32 Å². The van der Waals surface area contributed by atoms with Crippen LogP contribution in [0, 0.1) is 5.41 Å². The lowest BCUT2D eigenvalue weighted by molar-refractivity contribution is -0.120. The van der Waals surface area contributed by atoms with Gasteiger partial charge in [0, 0.05) is 6.54 Å². The van der Waals surface area contributed by atoms with Gasteiger partial charge in [0.15, 0.2) is 5.96 Å². The van der Waals surface area contributed by atoms with Crippen LogP contribution in [0.25, 0.3) is 0 Å². The van der Waals surface area contributed by atoms with E-state index in [0.717, 1.165) is 0 Å². The van der Waals surface area contributed by atoms with E-state index >= 15 is 0 Å². The van der Waals surface area contributed by atoms with Crippen molar-refractivity contribution >= 4 is 11.9 Å². The molecule has 0 spiro atoms. The Morgan fingerprint density at radius 2 is 2.17 bits per heavy atom. The summed E-state index contributed by atoms with van der Waals surface area (Å²) in [6.07, 6.45) is 1.08. The van der Waals surface area contributed by atoms with Crippen molar-refractivity contribution < 1.29 is 4.79 Å². The van der Waals surface area contributed by atoms with Crippen molar-refractivity contribution in [1.82, 2.24) is 11.1 Å². The SMILES string of the molecule is [NH]C(=O)[C@H](N)CCCNC(=N)N. The number of rotatable bonds is 5. The zero-order valence-corrected chi connectivity index (χ0v) is 6.76. The highest BCUT2D eigenvalue weighted by Gasteiger charge is 2.08. The summed E-state index contributed by atoms with van der Waals surface area (Å²) in [5.41, 5.74) is 16.9. The fourth-order valence-corrected chi connectivity index (χ4v) is 0.676. The molecule has 1 atom stereocenters. The van der Waals surface area contributed by atoms with Gasteiger partial charge in [-0.05, 0) is 12.8 Å². The summed E-state index contributed by atoms with van der Waals surface area (Å²) in [6, 6.07) is -0.709. The van der Waals surface area contributed by atoms with Gasteiger partial charge in [0.05, 0.1) is 6.04 Å². The van der Waals surface area contributed by atoms with Crippen LogP contribution in [0.4, 0.5) is 0 Å². The molecule has 7 N–H and O–H groups in total. The smallest absolute Gasteiger partial charge is 0.255 e. The summed E-state index contributed by atoms with van der Waals surface area (Å²) in [5, 5.41) is 9.37. The molecule has 0 fully saturated rings. The maximum Gasteiger partial charge on any atom is 0.255 e. The van der Waals surface area contributed by atoms with Gasteiger partial charge in [-0.25, -0.2) is 0 Å². The molecular weight excluding hydrogens is 158 g/mol. The topological polar surface area (TPSA) is 129 Å². The number of hydrogen-bond donors (Lipinski definition) is 4. The molecule has 6 heteroatoms. The highest BCUT2D eigenvalue weighted by molar-refractivity contribution is 5.78. The first-order chi connectivity index (χ1) is 5.54. The fraction of sp³-hybridized carbons (Fsp3) is 0.667. The van der Waals surface area contributed by atoms with Crippen molar-refractivity contribution in [3.05, 3.63) is 0 Å². The molecule has 0 unspecified atom stereocenters. The van der Waals surface area contributed by atoms with Crippen LogP contribution in [0.1, 0.15) is 12.8 Å². The van der Waals surface area contributed by atoms with E-state index in [4.69, 9.17) is 22.6 Å². The molecule has 69 valence electrons. The lowest BCUT2D eigenvalue weighted by atomic mass is 10.1. The van der Waals surface area contributed by atoms with E-state index in [1.54, 1.807) is 0 Å². The van der Waals surface area contributed by atoms with Crippen LogP contribution in [0.3, 0.4) is 0 Å². The molecule has 0 aromatic rings. The number of hydrogen-bond acceptors (Lipinski definition) is 3. The second-order valence-electron chi connectivity index (χ2n) is 2.45. The quantitative estimate of drug-likeness (QED) is 0.226. The van der Waals surface area contributed by atoms with Crippen LogP contribution in [0.5, 0.6) is 0 Å². The molecule has 0 aliphatic rings. The van der Waals surface area contributed by atoms with Crippen LogP contribution in [-0.4, -0.2) is 24.5 Å². The lowest BCUT2D eigenvalue weighted by Crippen LogP contribution is -2.34. The second kappa shape index (κ2) is 5.36. The van der Waals surface area contributed by atoms with Crippen molar-refractivity contribution in [1.29, 1.82) is 5.41 Å². The largest absolute Gasteiger partial charge is 0.370 e. The molecule has 0 aromatic heterocycles. The summed E-state index contributed by atoms with van der Waals surface area (Å²) in [7, 11) is 0. The average Bonchev–Trinajstić information content (AvgIpc) is 1.97. The number of amides is 1. The van der Waals surface area contributed by atoms with Gasteiger partial charge in [0.1, 0.15) is 0 Å². The Morgan fingerprint density at radius 3 is 2.58 bits per heavy atom. The summed E-state index contributed by atoms with van der Waals surface area (Å²) in [6.45, 7) is 0.510. The standard InChI is InChI=1S/C6H14N5O/c7-4(5(8)12)2-1-3-11-6(9)10/h4,8H,1-3,7H2,(H4,9,10,11)/t4-/m1/s1. The Labute approximate surface area is 71.0 Å². The summed E-state index contributed by atoms with van der Waals surface area (Å²) in [4.78, 5) is 10.3. The Hall–Kier alpha value is -1.30. The first-order valence-corrected chi connectivity index (χ1v) is 3.63. The van der Waals surface area contributed by atoms with Gasteiger partial charge in [0.25, 0.3) is 5.91 Å². The third-order valence-corrected chi connectivity index (χ3v) is 1.34. The van der Waals surface area contributed by atoms with E-state index in [-0.39, 0.29) is 5.96 Å². The van der Waals surface area contributed by atoms with E-state index in [9.17, 15) is 4.79 Å².